The number of halogens is 1. The molecule has 0 unspecified atom stereocenters. The van der Waals surface area contributed by atoms with Gasteiger partial charge in [0.05, 0.1) is 5.69 Å². The Morgan fingerprint density at radius 2 is 1.95 bits per heavy atom. The number of nitrogens with zero attached hydrogens (tertiary/aromatic N) is 3. The number of pyridine rings is 1. The summed E-state index contributed by atoms with van der Waals surface area (Å²) in [5.41, 5.74) is 2.57. The summed E-state index contributed by atoms with van der Waals surface area (Å²) in [7, 11) is 2.00. The monoisotopic (exact) mass is 484 g/mol. The van der Waals surface area contributed by atoms with Gasteiger partial charge >= 0.3 is 36.3 Å². The van der Waals surface area contributed by atoms with Crippen LogP contribution < -0.4 is 4.90 Å². The van der Waals surface area contributed by atoms with E-state index in [1.54, 1.807) is 6.20 Å². The van der Waals surface area contributed by atoms with Crippen LogP contribution in [0, 0.1) is 6.67 Å². The fourth-order valence-corrected chi connectivity index (χ4v) is 2.41. The van der Waals surface area contributed by atoms with E-state index in [0.717, 1.165) is 22.0 Å². The van der Waals surface area contributed by atoms with Crippen LogP contribution in [0.5, 0.6) is 0 Å². The third-order valence-electron chi connectivity index (χ3n) is 3.30. The fraction of sp³-hybridized carbons (Fsp3) is 0.0667. The standard InChI is InChI=1S/C15H12N3O.Ag.HI/c1-17-8-9-18(10-17)13-6-2-4-11-12-5-3-7-16-15(12)19-14(11)13;;/h2-10H,1H3;;1H/q-1;+1;/p-1. The van der Waals surface area contributed by atoms with Crippen LogP contribution >= 0.6 is 19.0 Å². The van der Waals surface area contributed by atoms with E-state index in [4.69, 9.17) is 4.42 Å². The average molecular weight is 485 g/mol. The summed E-state index contributed by atoms with van der Waals surface area (Å²) in [5, 5.41) is 2.15. The Hall–Kier alpha value is -1.02. The first-order valence-corrected chi connectivity index (χ1v) is 10.6. The van der Waals surface area contributed by atoms with Crippen molar-refractivity contribution in [3.05, 3.63) is 55.6 Å². The van der Waals surface area contributed by atoms with Crippen LogP contribution in [0.2, 0.25) is 0 Å². The number of furan rings is 1. The van der Waals surface area contributed by atoms with Gasteiger partial charge in [-0.3, -0.25) is 0 Å². The number of rotatable bonds is 1. The molecule has 0 atom stereocenters. The van der Waals surface area contributed by atoms with Gasteiger partial charge in [-0.15, -0.1) is 0 Å². The molecule has 3 aromatic rings. The van der Waals surface area contributed by atoms with Gasteiger partial charge in [0.2, 0.25) is 5.71 Å². The van der Waals surface area contributed by atoms with Crippen molar-refractivity contribution in [1.29, 1.82) is 0 Å². The van der Waals surface area contributed by atoms with Crippen molar-refractivity contribution in [2.75, 3.05) is 11.9 Å². The van der Waals surface area contributed by atoms with E-state index < -0.39 is 0 Å². The third kappa shape index (κ3) is 2.70. The molecule has 21 heavy (non-hydrogen) atoms. The van der Waals surface area contributed by atoms with Crippen LogP contribution in [0.15, 0.2) is 53.3 Å². The maximum atomic E-state index is 5.91. The van der Waals surface area contributed by atoms with E-state index in [-0.39, 0.29) is 0 Å². The molecule has 4 rings (SSSR count). The van der Waals surface area contributed by atoms with Gasteiger partial charge in [0.1, 0.15) is 0 Å². The molecular weight excluding hydrogens is 473 g/mol. The molecule has 6 heteroatoms. The van der Waals surface area contributed by atoms with Gasteiger partial charge in [0, 0.05) is 17.0 Å². The average Bonchev–Trinajstić information content (AvgIpc) is 3.12. The molecule has 0 bridgehead atoms. The van der Waals surface area contributed by atoms with E-state index in [2.05, 4.69) is 28.3 Å². The third-order valence-corrected chi connectivity index (χ3v) is 3.30. The Kier molecular flexibility index (Phi) is 4.54. The summed E-state index contributed by atoms with van der Waals surface area (Å²) in [4.78, 5) is 8.32. The van der Waals surface area contributed by atoms with Gasteiger partial charge in [-0.25, -0.2) is 4.98 Å². The Morgan fingerprint density at radius 1 is 1.14 bits per heavy atom. The van der Waals surface area contributed by atoms with Gasteiger partial charge < -0.3 is 14.2 Å². The zero-order chi connectivity index (χ0) is 14.8. The van der Waals surface area contributed by atoms with E-state index in [1.165, 1.54) is 0 Å². The maximum absolute atomic E-state index is 5.91. The van der Waals surface area contributed by atoms with E-state index >= 15 is 0 Å². The predicted molar refractivity (Wildman–Crippen MR) is 89.2 cm³/mol. The molecule has 3 heterocycles. The van der Waals surface area contributed by atoms with E-state index in [0.29, 0.717) is 5.71 Å². The SMILES string of the molecule is CN1C=CN(c2cccc3c2oc2ncccc23)[CH-]1.[Ag][I]. The summed E-state index contributed by atoms with van der Waals surface area (Å²) >= 11 is 4.88. The first-order valence-electron chi connectivity index (χ1n) is 6.24. The number of hydrogen-bond donors (Lipinski definition) is 0. The first-order chi connectivity index (χ1) is 10.3. The molecule has 0 N–H and O–H groups in total. The zero-order valence-electron chi connectivity index (χ0n) is 11.1. The predicted octanol–water partition coefficient (Wildman–Crippen LogP) is 4.21. The second-order valence-corrected chi connectivity index (χ2v) is 4.60. The Labute approximate surface area is 145 Å². The minimum atomic E-state index is 0.682. The van der Waals surface area contributed by atoms with Gasteiger partial charge in [-0.1, -0.05) is 12.1 Å². The summed E-state index contributed by atoms with van der Waals surface area (Å²) in [6.45, 7) is 2.01. The Bertz CT molecular complexity index is 802. The molecule has 1 aliphatic heterocycles. The van der Waals surface area contributed by atoms with Crippen LogP contribution in [0.3, 0.4) is 0 Å². The molecule has 0 saturated carbocycles. The van der Waals surface area contributed by atoms with Crippen LogP contribution in [0.4, 0.5) is 5.69 Å². The number of fused-ring (bicyclic) bond motifs is 3. The summed E-state index contributed by atoms with van der Waals surface area (Å²) < 4.78 is 5.91. The molecule has 0 radical (unpaired) electrons. The normalized spacial score (nSPS) is 13.9. The van der Waals surface area contributed by atoms with Crippen LogP contribution in [-0.4, -0.2) is 16.9 Å². The van der Waals surface area contributed by atoms with Crippen molar-refractivity contribution in [3.63, 3.8) is 0 Å². The summed E-state index contributed by atoms with van der Waals surface area (Å²) in [6, 6.07) is 10.1. The van der Waals surface area contributed by atoms with Gasteiger partial charge in [0.25, 0.3) is 0 Å². The molecule has 0 amide bonds. The summed E-state index contributed by atoms with van der Waals surface area (Å²) in [5.74, 6) is 0. The second kappa shape index (κ2) is 6.39. The van der Waals surface area contributed by atoms with E-state index in [9.17, 15) is 0 Å². The van der Waals surface area contributed by atoms with Gasteiger partial charge in [-0.05, 0) is 37.6 Å². The van der Waals surface area contributed by atoms with Crippen LogP contribution in [-0.2, 0) is 17.3 Å². The molecule has 1 aromatic carbocycles. The van der Waals surface area contributed by atoms with Gasteiger partial charge in [0.15, 0.2) is 5.58 Å². The number of anilines is 1. The van der Waals surface area contributed by atoms with Crippen molar-refractivity contribution in [3.8, 4) is 0 Å². The molecule has 0 fully saturated rings. The quantitative estimate of drug-likeness (QED) is 0.294. The molecule has 0 aliphatic carbocycles. The Morgan fingerprint density at radius 3 is 2.71 bits per heavy atom. The first kappa shape index (κ1) is 14.9. The fourth-order valence-electron chi connectivity index (χ4n) is 2.41. The molecule has 112 valence electrons. The zero-order valence-corrected chi connectivity index (χ0v) is 14.8. The number of hydrogen-bond acceptors (Lipinski definition) is 4. The van der Waals surface area contributed by atoms with Crippen LogP contribution in [0.25, 0.3) is 22.1 Å². The second-order valence-electron chi connectivity index (χ2n) is 4.60. The van der Waals surface area contributed by atoms with Gasteiger partial charge in [-0.2, -0.15) is 6.67 Å². The number of para-hydroxylation sites is 1. The van der Waals surface area contributed by atoms with Crippen molar-refractivity contribution < 1.29 is 21.7 Å². The molecule has 0 spiro atoms. The van der Waals surface area contributed by atoms with Crippen LogP contribution in [0.1, 0.15) is 0 Å². The minimum absolute atomic E-state index is 0.682. The molecule has 1 aliphatic rings. The number of benzene rings is 1. The van der Waals surface area contributed by atoms with Crippen molar-refractivity contribution in [2.24, 2.45) is 0 Å². The van der Waals surface area contributed by atoms with E-state index in [1.807, 2.05) is 79.2 Å². The Balaban J connectivity index is 0.000000636. The molecule has 4 nitrogen and oxygen atoms in total. The molecule has 0 saturated heterocycles. The van der Waals surface area contributed by atoms with Crippen molar-refractivity contribution >= 4 is 46.8 Å². The topological polar surface area (TPSA) is 32.5 Å². The number of aromatic nitrogens is 1. The molecular formula is C15H12AgIN3O-. The van der Waals surface area contributed by atoms with Crippen molar-refractivity contribution in [2.45, 2.75) is 0 Å². The van der Waals surface area contributed by atoms with Crippen molar-refractivity contribution in [1.82, 2.24) is 9.88 Å². The summed E-state index contributed by atoms with van der Waals surface area (Å²) in [6.07, 6.45) is 5.76. The molecule has 2 aromatic heterocycles.